The van der Waals surface area contributed by atoms with Crippen LogP contribution >= 0.6 is 0 Å². The molecule has 1 fully saturated rings. The predicted octanol–water partition coefficient (Wildman–Crippen LogP) is 2.64. The lowest BCUT2D eigenvalue weighted by atomic mass is 9.96. The lowest BCUT2D eigenvalue weighted by Crippen LogP contribution is -2.39. The number of nitrogens with zero attached hydrogens (tertiary/aromatic N) is 3. The smallest absolute Gasteiger partial charge is 0.254 e. The highest BCUT2D eigenvalue weighted by Crippen LogP contribution is 2.30. The third-order valence-corrected chi connectivity index (χ3v) is 4.62. The lowest BCUT2D eigenvalue weighted by molar-refractivity contribution is 0.0703. The maximum atomic E-state index is 12.9. The molecule has 1 saturated heterocycles. The Morgan fingerprint density at radius 1 is 1.30 bits per heavy atom. The highest BCUT2D eigenvalue weighted by Gasteiger charge is 2.29. The quantitative estimate of drug-likeness (QED) is 0.735. The molecule has 27 heavy (non-hydrogen) atoms. The summed E-state index contributed by atoms with van der Waals surface area (Å²) in [5.74, 6) is 2.25. The third kappa shape index (κ3) is 4.39. The fourth-order valence-corrected chi connectivity index (χ4v) is 3.21. The van der Waals surface area contributed by atoms with Crippen LogP contribution in [0.5, 0.6) is 11.5 Å². The number of carbonyl (C=O) groups excluding carboxylic acids is 1. The Morgan fingerprint density at radius 2 is 2.11 bits per heavy atom. The van der Waals surface area contributed by atoms with Crippen molar-refractivity contribution in [3.05, 3.63) is 35.5 Å². The lowest BCUT2D eigenvalue weighted by Gasteiger charge is -2.31. The Bertz CT molecular complexity index is 776. The number of carbonyl (C=O) groups is 1. The number of amides is 1. The molecule has 8 heteroatoms. The number of benzene rings is 1. The summed E-state index contributed by atoms with van der Waals surface area (Å²) in [5, 5.41) is 4.07. The Balaban J connectivity index is 1.70. The summed E-state index contributed by atoms with van der Waals surface area (Å²) >= 11 is 0. The molecular weight excluding hydrogens is 350 g/mol. The minimum atomic E-state index is -0.0429. The Kier molecular flexibility index (Phi) is 6.28. The van der Waals surface area contributed by atoms with E-state index < -0.39 is 0 Å². The minimum Gasteiger partial charge on any atom is -0.493 e. The van der Waals surface area contributed by atoms with Gasteiger partial charge in [0.15, 0.2) is 17.3 Å². The second-order valence-corrected chi connectivity index (χ2v) is 6.34. The van der Waals surface area contributed by atoms with Gasteiger partial charge in [0.05, 0.1) is 14.2 Å². The van der Waals surface area contributed by atoms with Crippen LogP contribution in [-0.4, -0.2) is 54.9 Å². The first-order valence-corrected chi connectivity index (χ1v) is 9.07. The Labute approximate surface area is 158 Å². The molecule has 0 aliphatic carbocycles. The van der Waals surface area contributed by atoms with Crippen molar-refractivity contribution < 1.29 is 23.5 Å². The summed E-state index contributed by atoms with van der Waals surface area (Å²) in [7, 11) is 3.12. The van der Waals surface area contributed by atoms with Crippen molar-refractivity contribution in [1.82, 2.24) is 15.0 Å². The van der Waals surface area contributed by atoms with E-state index in [-0.39, 0.29) is 11.8 Å². The van der Waals surface area contributed by atoms with Gasteiger partial charge in [-0.15, -0.1) is 0 Å². The van der Waals surface area contributed by atoms with E-state index in [0.717, 1.165) is 12.8 Å². The monoisotopic (exact) mass is 375 g/mol. The number of aromatic nitrogens is 2. The van der Waals surface area contributed by atoms with Gasteiger partial charge in [-0.25, -0.2) is 0 Å². The molecule has 3 rings (SSSR count). The summed E-state index contributed by atoms with van der Waals surface area (Å²) in [5.41, 5.74) is 0.568. The number of hydrogen-bond acceptors (Lipinski definition) is 7. The molecule has 146 valence electrons. The van der Waals surface area contributed by atoms with Gasteiger partial charge < -0.3 is 23.6 Å². The van der Waals surface area contributed by atoms with Crippen LogP contribution in [-0.2, 0) is 11.3 Å². The van der Waals surface area contributed by atoms with E-state index in [1.54, 1.807) is 32.4 Å². The number of ether oxygens (including phenoxy) is 3. The zero-order valence-electron chi connectivity index (χ0n) is 15.9. The van der Waals surface area contributed by atoms with Crippen molar-refractivity contribution in [2.24, 2.45) is 0 Å². The van der Waals surface area contributed by atoms with Crippen LogP contribution in [0.2, 0.25) is 0 Å². The maximum Gasteiger partial charge on any atom is 0.254 e. The van der Waals surface area contributed by atoms with Gasteiger partial charge in [0.2, 0.25) is 0 Å². The second-order valence-electron chi connectivity index (χ2n) is 6.34. The molecule has 8 nitrogen and oxygen atoms in total. The van der Waals surface area contributed by atoms with Crippen molar-refractivity contribution in [1.29, 1.82) is 0 Å². The predicted molar refractivity (Wildman–Crippen MR) is 97.1 cm³/mol. The van der Waals surface area contributed by atoms with Crippen LogP contribution in [0.15, 0.2) is 22.7 Å². The standard InChI is InChI=1S/C19H25N3O5/c1-4-26-12-17-20-18(21-27-17)14-6-5-9-22(11-14)19(23)13-7-8-15(24-2)16(10-13)25-3/h7-8,10,14H,4-6,9,11-12H2,1-3H3. The number of likely N-dealkylation sites (tertiary alicyclic amines) is 1. The molecule has 2 heterocycles. The van der Waals surface area contributed by atoms with Crippen molar-refractivity contribution in [2.75, 3.05) is 33.9 Å². The molecule has 0 spiro atoms. The Morgan fingerprint density at radius 3 is 2.85 bits per heavy atom. The van der Waals surface area contributed by atoms with Crippen molar-refractivity contribution in [2.45, 2.75) is 32.3 Å². The number of methoxy groups -OCH3 is 2. The number of hydrogen-bond donors (Lipinski definition) is 0. The normalized spacial score (nSPS) is 17.0. The fourth-order valence-electron chi connectivity index (χ4n) is 3.21. The highest BCUT2D eigenvalue weighted by molar-refractivity contribution is 5.95. The van der Waals surface area contributed by atoms with Crippen LogP contribution in [0.1, 0.15) is 47.8 Å². The van der Waals surface area contributed by atoms with E-state index in [0.29, 0.717) is 55.1 Å². The first kappa shape index (κ1) is 19.2. The molecule has 1 aliphatic rings. The van der Waals surface area contributed by atoms with Crippen LogP contribution in [0.3, 0.4) is 0 Å². The van der Waals surface area contributed by atoms with Gasteiger partial charge in [0.1, 0.15) is 6.61 Å². The largest absolute Gasteiger partial charge is 0.493 e. The molecule has 1 unspecified atom stereocenters. The van der Waals surface area contributed by atoms with Crippen molar-refractivity contribution in [3.8, 4) is 11.5 Å². The molecule has 1 aliphatic heterocycles. The van der Waals surface area contributed by atoms with Gasteiger partial charge in [-0.05, 0) is 38.0 Å². The Hall–Kier alpha value is -2.61. The maximum absolute atomic E-state index is 12.9. The van der Waals surface area contributed by atoms with Gasteiger partial charge >= 0.3 is 0 Å². The zero-order valence-corrected chi connectivity index (χ0v) is 15.9. The molecule has 1 amide bonds. The third-order valence-electron chi connectivity index (χ3n) is 4.62. The van der Waals surface area contributed by atoms with E-state index in [1.807, 2.05) is 11.8 Å². The van der Waals surface area contributed by atoms with Gasteiger partial charge in [-0.1, -0.05) is 5.16 Å². The molecule has 0 bridgehead atoms. The highest BCUT2D eigenvalue weighted by atomic mass is 16.5. The average Bonchev–Trinajstić information content (AvgIpc) is 3.20. The topological polar surface area (TPSA) is 86.9 Å². The number of rotatable bonds is 7. The first-order chi connectivity index (χ1) is 13.2. The minimum absolute atomic E-state index is 0.0429. The van der Waals surface area contributed by atoms with Crippen molar-refractivity contribution >= 4 is 5.91 Å². The van der Waals surface area contributed by atoms with Crippen LogP contribution in [0, 0.1) is 0 Å². The first-order valence-electron chi connectivity index (χ1n) is 9.07. The van der Waals surface area contributed by atoms with Crippen molar-refractivity contribution in [3.63, 3.8) is 0 Å². The number of piperidine rings is 1. The zero-order chi connectivity index (χ0) is 19.2. The van der Waals surface area contributed by atoms with Crippen LogP contribution < -0.4 is 9.47 Å². The second kappa shape index (κ2) is 8.85. The summed E-state index contributed by atoms with van der Waals surface area (Å²) in [4.78, 5) is 19.2. The molecule has 0 radical (unpaired) electrons. The van der Waals surface area contributed by atoms with Crippen LogP contribution in [0.25, 0.3) is 0 Å². The molecule has 2 aromatic rings. The molecule has 1 atom stereocenters. The molecular formula is C19H25N3O5. The summed E-state index contributed by atoms with van der Waals surface area (Å²) < 4.78 is 21.1. The van der Waals surface area contributed by atoms with E-state index in [9.17, 15) is 4.79 Å². The molecule has 0 N–H and O–H groups in total. The van der Waals surface area contributed by atoms with Crippen LogP contribution in [0.4, 0.5) is 0 Å². The van der Waals surface area contributed by atoms with Gasteiger partial charge in [0, 0.05) is 31.2 Å². The van der Waals surface area contributed by atoms with Gasteiger partial charge in [-0.2, -0.15) is 4.98 Å². The molecule has 1 aromatic carbocycles. The average molecular weight is 375 g/mol. The van der Waals surface area contributed by atoms with E-state index in [1.165, 1.54) is 0 Å². The molecule has 1 aromatic heterocycles. The fraction of sp³-hybridized carbons (Fsp3) is 0.526. The summed E-state index contributed by atoms with van der Waals surface area (Å²) in [6, 6.07) is 5.20. The van der Waals surface area contributed by atoms with Gasteiger partial charge in [-0.3, -0.25) is 4.79 Å². The SMILES string of the molecule is CCOCc1nc(C2CCCN(C(=O)c3ccc(OC)c(OC)c3)C2)no1. The van der Waals surface area contributed by atoms with E-state index >= 15 is 0 Å². The summed E-state index contributed by atoms with van der Waals surface area (Å²) in [6.07, 6.45) is 1.81. The van der Waals surface area contributed by atoms with E-state index in [2.05, 4.69) is 10.1 Å². The van der Waals surface area contributed by atoms with Gasteiger partial charge in [0.25, 0.3) is 11.8 Å². The summed E-state index contributed by atoms with van der Waals surface area (Å²) in [6.45, 7) is 4.07. The van der Waals surface area contributed by atoms with E-state index in [4.69, 9.17) is 18.7 Å². The molecule has 0 saturated carbocycles.